The first kappa shape index (κ1) is 115. The number of Topliss-reactive ketones (excluding diaryl/α,β-unsaturated/α-hetero) is 3. The van der Waals surface area contributed by atoms with Gasteiger partial charge in [-0.1, -0.05) is 120 Å². The number of carboxylic acids is 4. The van der Waals surface area contributed by atoms with E-state index in [2.05, 4.69) is 63.8 Å². The van der Waals surface area contributed by atoms with Crippen molar-refractivity contribution in [2.24, 2.45) is 40.4 Å². The summed E-state index contributed by atoms with van der Waals surface area (Å²) in [5.74, 6) is -28.5. The van der Waals surface area contributed by atoms with Gasteiger partial charge in [-0.15, -0.1) is 35.3 Å². The van der Waals surface area contributed by atoms with Crippen molar-refractivity contribution in [3.8, 4) is 5.75 Å². The van der Waals surface area contributed by atoms with Crippen LogP contribution in [0.15, 0.2) is 130 Å². The molecule has 0 fully saturated rings. The zero-order chi connectivity index (χ0) is 104. The fraction of sp³-hybridized carbons (Fsp3) is 0.468. The molecule has 140 heavy (non-hydrogen) atoms. The average molecular weight is 2000 g/mol. The van der Waals surface area contributed by atoms with Crippen LogP contribution >= 0.6 is 35.3 Å². The summed E-state index contributed by atoms with van der Waals surface area (Å²) < 4.78 is 0. The lowest BCUT2D eigenvalue weighted by molar-refractivity contribution is -0.142. The third-order valence-electron chi connectivity index (χ3n) is 22.3. The average Bonchev–Trinajstić information content (AvgIpc) is 0.815. The number of phenols is 1. The van der Waals surface area contributed by atoms with Gasteiger partial charge in [0.2, 0.25) is 88.6 Å². The van der Waals surface area contributed by atoms with Gasteiger partial charge in [-0.05, 0) is 103 Å². The van der Waals surface area contributed by atoms with Gasteiger partial charge in [-0.25, -0.2) is 0 Å². The SMILES string of the molecule is CCC(=O)[C@H](C)NC(=O)CN(C)C(=O)CCN.C[C@H]1CSc2cc3cc(c2)SC[C@H](NC(=O)[C@@H](C)NC(=O)[C@H](Cc2cccc4ccccc24)CC(=O)[C@H](CCC(=O)O)NC(=O)[C@H](CC(N)=O)NC(=O)[C@@H](C)NC1=O)C(=O)N[C@@H](CCC(=O)O)C(=O)N[C@@H](CC(=O)O)C(=O)N[C@@H](Cc1ccccc1)C(=O)N[C@@H](Cc1ccc(O)cc1)C(=O)N[C@@H](CC(=O)O)C(=O)N[C@@H](C(C)(C)C)C(=O)C[C@H](C(N)=O)CS3. The number of hydrogen-bond donors (Lipinski definition) is 20. The Morgan fingerprint density at radius 3 is 1.46 bits per heavy atom. The molecule has 0 spiro atoms. The molecule has 15 amide bonds. The van der Waals surface area contributed by atoms with Crippen LogP contribution in [0.3, 0.4) is 0 Å². The van der Waals surface area contributed by atoms with E-state index in [1.165, 1.54) is 89.9 Å². The molecule has 0 unspecified atom stereocenters. The normalized spacial score (nSPS) is 22.9. The lowest BCUT2D eigenvalue weighted by Gasteiger charge is -2.32. The van der Waals surface area contributed by atoms with Gasteiger partial charge in [0.25, 0.3) is 0 Å². The zero-order valence-electron chi connectivity index (χ0n) is 78.7. The molecule has 0 saturated carbocycles. The van der Waals surface area contributed by atoms with E-state index in [-0.39, 0.29) is 71.2 Å². The van der Waals surface area contributed by atoms with E-state index in [9.17, 15) is 121 Å². The predicted molar refractivity (Wildman–Crippen MR) is 511 cm³/mol. The van der Waals surface area contributed by atoms with Crippen LogP contribution in [0.4, 0.5) is 0 Å². The number of nitrogens with zero attached hydrogens (tertiary/aromatic N) is 1. The van der Waals surface area contributed by atoms with E-state index in [4.69, 9.17) is 17.2 Å². The molecule has 2 aliphatic heterocycles. The van der Waals surface area contributed by atoms with Crippen molar-refractivity contribution in [3.05, 3.63) is 132 Å². The minimum Gasteiger partial charge on any atom is -0.508 e. The molecule has 2 heterocycles. The monoisotopic (exact) mass is 2000 g/mol. The first-order valence-corrected chi connectivity index (χ1v) is 47.8. The number of aromatic hydroxyl groups is 1. The molecule has 23 N–H and O–H groups in total. The van der Waals surface area contributed by atoms with E-state index >= 15 is 9.59 Å². The third kappa shape index (κ3) is 38.5. The van der Waals surface area contributed by atoms with Crippen molar-refractivity contribution in [1.82, 2.24) is 68.7 Å². The number of thioether (sulfide) groups is 3. The van der Waals surface area contributed by atoms with E-state index in [0.29, 0.717) is 38.1 Å². The Labute approximate surface area is 819 Å². The summed E-state index contributed by atoms with van der Waals surface area (Å²) in [5, 5.41) is 81.6. The van der Waals surface area contributed by atoms with Crippen molar-refractivity contribution in [1.29, 1.82) is 0 Å². The van der Waals surface area contributed by atoms with Crippen LogP contribution in [0.1, 0.15) is 143 Å². The topological polar surface area (TPSA) is 702 Å². The van der Waals surface area contributed by atoms with Crippen molar-refractivity contribution < 1.29 is 131 Å². The Bertz CT molecular complexity index is 5370. The Hall–Kier alpha value is -13.9. The second-order valence-electron chi connectivity index (χ2n) is 34.9. The highest BCUT2D eigenvalue weighted by Crippen LogP contribution is 2.36. The highest BCUT2D eigenvalue weighted by Gasteiger charge is 2.42. The Kier molecular flexibility index (Phi) is 45.6. The number of likely N-dealkylation sites (N-methyl/N-ethyl adjacent to an activating group) is 1. The molecule has 15 atom stereocenters. The van der Waals surface area contributed by atoms with Gasteiger partial charge in [0.1, 0.15) is 60.1 Å². The van der Waals surface area contributed by atoms with Gasteiger partial charge in [-0.3, -0.25) is 105 Å². The standard InChI is InChI=1S/C83H101N13O24S3.C11H21N3O3/c1-41-38-121-51-32-52-34-53(33-51)123-40-62(95-74(112)43(3)87-75(113)48(29-47-17-12-16-46-15-10-11-18-54(46)47)30-63(98)55(23-25-66(101)102)88-79(117)59(35-65(84)100)90-73(111)42(2)86-72(41)110)82(120)89-56(24-26-67(103)104)76(114)93-60(36-68(105)106)80(118)92-57(27-44-13-8-7-9-14-44)77(115)91-58(28-45-19-21-50(97)22-20-45)78(116)94-61(37-69(107)108)81(119)96-70(83(4,5)6)64(99)31-49(39-122-52)71(85)109;1-4-9(15)8(2)13-10(16)7-14(3)11(17)5-6-12/h7-22,32-34,41-43,48-49,55-62,70,97H,23-31,35-40H2,1-6H3,(H2,84,100)(H2,85,109)(H,86,110)(H,87,113)(H,88,117)(H,89,120)(H,90,111)(H,91,115)(H,92,118)(H,93,114)(H,94,116)(H,95,112)(H,96,119)(H,101,102)(H,103,104)(H,105,106)(H,107,108);8H,4-7,12H2,1-3H3,(H,13,16)/t41-,42+,43+,48+,49-,55-,56-,57-,58-,59-,60-,61-,62-,70+;8-/m00/s1. The third-order valence-corrected chi connectivity index (χ3v) is 25.7. The zero-order valence-corrected chi connectivity index (χ0v) is 81.1. The van der Waals surface area contributed by atoms with Crippen LogP contribution in [-0.2, 0) is 125 Å². The molecular formula is C94H122N16O27S3. The van der Waals surface area contributed by atoms with Gasteiger partial charge >= 0.3 is 23.9 Å². The number of benzene rings is 5. The largest absolute Gasteiger partial charge is 0.508 e. The first-order chi connectivity index (χ1) is 65.9. The number of carbonyl (C=O) groups is 22. The van der Waals surface area contributed by atoms with Gasteiger partial charge < -0.3 is 111 Å². The molecule has 0 radical (unpaired) electrons. The molecule has 4 bridgehead atoms. The van der Waals surface area contributed by atoms with Crippen molar-refractivity contribution in [2.45, 2.75) is 232 Å². The lowest BCUT2D eigenvalue weighted by atomic mass is 9.81. The molecular weight excluding hydrogens is 1880 g/mol. The molecule has 43 nitrogen and oxygen atoms in total. The summed E-state index contributed by atoms with van der Waals surface area (Å²) in [5.41, 5.74) is 16.7. The maximum Gasteiger partial charge on any atom is 0.305 e. The fourth-order valence-electron chi connectivity index (χ4n) is 14.4. The Balaban J connectivity index is 0.00000160. The minimum absolute atomic E-state index is 0.0331. The van der Waals surface area contributed by atoms with Crippen LogP contribution in [0.5, 0.6) is 5.75 Å². The van der Waals surface area contributed by atoms with Crippen LogP contribution in [0, 0.1) is 23.2 Å². The lowest BCUT2D eigenvalue weighted by Crippen LogP contribution is -2.61. The van der Waals surface area contributed by atoms with Gasteiger partial charge in [0.15, 0.2) is 17.3 Å². The van der Waals surface area contributed by atoms with Crippen LogP contribution in [0.2, 0.25) is 0 Å². The second kappa shape index (κ2) is 55.6. The molecule has 5 aromatic rings. The number of hydrogen-bond acceptors (Lipinski definition) is 27. The first-order valence-electron chi connectivity index (χ1n) is 44.8. The highest BCUT2D eigenvalue weighted by molar-refractivity contribution is 8.00. The van der Waals surface area contributed by atoms with Crippen LogP contribution < -0.4 is 81.0 Å². The summed E-state index contributed by atoms with van der Waals surface area (Å²) in [6, 6.07) is 9.15. The number of aliphatic carboxylic acids is 4. The number of rotatable bonds is 26. The van der Waals surface area contributed by atoms with Crippen molar-refractivity contribution in [2.75, 3.05) is 37.4 Å². The van der Waals surface area contributed by atoms with Crippen molar-refractivity contribution in [3.63, 3.8) is 0 Å². The van der Waals surface area contributed by atoms with Gasteiger partial charge in [0.05, 0.1) is 49.9 Å². The fourth-order valence-corrected chi connectivity index (χ4v) is 17.8. The molecule has 46 heteroatoms. The number of nitrogens with two attached hydrogens (primary N) is 3. The van der Waals surface area contributed by atoms with E-state index in [1.54, 1.807) is 92.7 Å². The van der Waals surface area contributed by atoms with E-state index in [1.807, 2.05) is 0 Å². The Morgan fingerprint density at radius 1 is 0.471 bits per heavy atom. The minimum atomic E-state index is -2.20. The second-order valence-corrected chi connectivity index (χ2v) is 38.2. The number of nitrogens with one attached hydrogen (secondary N) is 12. The van der Waals surface area contributed by atoms with Crippen LogP contribution in [0.25, 0.3) is 10.8 Å². The number of amides is 15. The van der Waals surface area contributed by atoms with Crippen molar-refractivity contribution >= 4 is 176 Å². The molecule has 7 rings (SSSR count). The number of carboxylic acid groups (broad SMARTS) is 4. The number of ketones is 3. The quantitative estimate of drug-likeness (QED) is 0.0349. The maximum absolute atomic E-state index is 15.3. The smallest absolute Gasteiger partial charge is 0.305 e. The molecule has 0 aliphatic carbocycles. The summed E-state index contributed by atoms with van der Waals surface area (Å²) >= 11 is 2.87. The number of phenolic OH excluding ortho intramolecular Hbond substituents is 1. The molecule has 0 aromatic heterocycles. The summed E-state index contributed by atoms with van der Waals surface area (Å²) in [4.78, 5) is 304. The summed E-state index contributed by atoms with van der Waals surface area (Å²) in [7, 11) is 1.53. The van der Waals surface area contributed by atoms with E-state index in [0.717, 1.165) is 35.3 Å². The predicted octanol–water partition coefficient (Wildman–Crippen LogP) is 0.0997. The van der Waals surface area contributed by atoms with Crippen LogP contribution in [-0.4, -0.2) is 270 Å². The number of fused-ring (bicyclic) bond motifs is 5. The van der Waals surface area contributed by atoms with Gasteiger partial charge in [0, 0.05) is 109 Å². The summed E-state index contributed by atoms with van der Waals surface area (Å²) in [6.07, 6.45) is -8.40. The summed E-state index contributed by atoms with van der Waals surface area (Å²) in [6.45, 7) is 12.1. The highest BCUT2D eigenvalue weighted by atomic mass is 32.2. The molecule has 0 saturated heterocycles. The molecule has 758 valence electrons. The molecule has 5 aromatic carbocycles. The number of carbonyl (C=O) groups excluding carboxylic acids is 18. The Morgan fingerprint density at radius 2 is 0.929 bits per heavy atom. The maximum atomic E-state index is 15.3. The van der Waals surface area contributed by atoms with Gasteiger partial charge in [-0.2, -0.15) is 0 Å². The van der Waals surface area contributed by atoms with E-state index < -0.39 is 284 Å². The number of primary amides is 2. The molecule has 2 aliphatic rings.